The van der Waals surface area contributed by atoms with Gasteiger partial charge in [-0.1, -0.05) is 47.1 Å². The van der Waals surface area contributed by atoms with Crippen molar-refractivity contribution in [3.8, 4) is 5.75 Å². The molecule has 2 aromatic rings. The fourth-order valence-corrected chi connectivity index (χ4v) is 2.57. The molecule has 0 fully saturated rings. The van der Waals surface area contributed by atoms with E-state index in [1.165, 1.54) is 11.1 Å². The van der Waals surface area contributed by atoms with Crippen LogP contribution < -0.4 is 5.32 Å². The van der Waals surface area contributed by atoms with Crippen LogP contribution in [0.2, 0.25) is 0 Å². The van der Waals surface area contributed by atoms with E-state index in [1.807, 2.05) is 12.1 Å². The van der Waals surface area contributed by atoms with Gasteiger partial charge in [-0.2, -0.15) is 0 Å². The Labute approximate surface area is 129 Å². The third-order valence-corrected chi connectivity index (χ3v) is 4.05. The van der Waals surface area contributed by atoms with Gasteiger partial charge in [0, 0.05) is 16.6 Å². The molecule has 0 saturated carbocycles. The van der Waals surface area contributed by atoms with Crippen molar-refractivity contribution < 1.29 is 5.11 Å². The molecule has 2 N–H and O–H groups in total. The Hall–Kier alpha value is -1.32. The number of phenolic OH excluding ortho intramolecular Hbond substituents is 1. The molecule has 20 heavy (non-hydrogen) atoms. The molecule has 0 aliphatic heterocycles. The highest BCUT2D eigenvalue weighted by atomic mass is 79.9. The molecule has 0 amide bonds. The summed E-state index contributed by atoms with van der Waals surface area (Å²) in [5.74, 6) is 0.310. The smallest absolute Gasteiger partial charge is 0.115 e. The summed E-state index contributed by atoms with van der Waals surface area (Å²) in [6.45, 7) is 4.34. The Bertz CT molecular complexity index is 536. The molecule has 0 bridgehead atoms. The van der Waals surface area contributed by atoms with Crippen molar-refractivity contribution in [3.63, 3.8) is 0 Å². The first-order chi connectivity index (χ1) is 9.60. The van der Waals surface area contributed by atoms with Gasteiger partial charge in [0.25, 0.3) is 0 Å². The van der Waals surface area contributed by atoms with Gasteiger partial charge in [-0.15, -0.1) is 0 Å². The highest BCUT2D eigenvalue weighted by Gasteiger charge is 2.13. The average molecular weight is 334 g/mol. The van der Waals surface area contributed by atoms with Gasteiger partial charge in [0.05, 0.1) is 0 Å². The van der Waals surface area contributed by atoms with Gasteiger partial charge in [0.2, 0.25) is 0 Å². The number of aromatic hydroxyl groups is 1. The van der Waals surface area contributed by atoms with Crippen LogP contribution in [-0.4, -0.2) is 5.11 Å². The first-order valence-electron chi connectivity index (χ1n) is 6.90. The largest absolute Gasteiger partial charge is 0.508 e. The molecule has 3 heteroatoms. The van der Waals surface area contributed by atoms with E-state index in [0.717, 1.165) is 10.9 Å². The number of benzene rings is 2. The fraction of sp³-hybridized carbons (Fsp3) is 0.294. The lowest BCUT2D eigenvalue weighted by molar-refractivity contribution is 0.453. The van der Waals surface area contributed by atoms with E-state index in [4.69, 9.17) is 0 Å². The molecule has 0 saturated heterocycles. The van der Waals surface area contributed by atoms with Gasteiger partial charge >= 0.3 is 0 Å². The Kier molecular flexibility index (Phi) is 5.21. The summed E-state index contributed by atoms with van der Waals surface area (Å²) in [5, 5.41) is 13.0. The van der Waals surface area contributed by atoms with Gasteiger partial charge < -0.3 is 10.4 Å². The lowest BCUT2D eigenvalue weighted by Gasteiger charge is -2.23. The molecule has 2 atom stereocenters. The number of rotatable bonds is 5. The van der Waals surface area contributed by atoms with E-state index in [2.05, 4.69) is 59.4 Å². The molecule has 0 aliphatic carbocycles. The highest BCUT2D eigenvalue weighted by molar-refractivity contribution is 9.10. The maximum atomic E-state index is 9.37. The minimum absolute atomic E-state index is 0.279. The summed E-state index contributed by atoms with van der Waals surface area (Å²) >= 11 is 3.46. The van der Waals surface area contributed by atoms with Crippen molar-refractivity contribution >= 4 is 15.9 Å². The summed E-state index contributed by atoms with van der Waals surface area (Å²) < 4.78 is 1.10. The summed E-state index contributed by atoms with van der Waals surface area (Å²) in [6, 6.07) is 16.4. The zero-order valence-corrected chi connectivity index (χ0v) is 13.4. The Morgan fingerprint density at radius 3 is 2.10 bits per heavy atom. The number of halogens is 1. The fourth-order valence-electron chi connectivity index (χ4n) is 2.31. The second kappa shape index (κ2) is 6.91. The van der Waals surface area contributed by atoms with Crippen molar-refractivity contribution in [3.05, 3.63) is 64.1 Å². The molecule has 0 spiro atoms. The summed E-state index contributed by atoms with van der Waals surface area (Å²) in [4.78, 5) is 0. The van der Waals surface area contributed by atoms with Crippen molar-refractivity contribution in [2.45, 2.75) is 32.4 Å². The van der Waals surface area contributed by atoms with Crippen molar-refractivity contribution in [1.82, 2.24) is 5.32 Å². The van der Waals surface area contributed by atoms with Crippen LogP contribution in [0.15, 0.2) is 53.0 Å². The minimum atomic E-state index is 0.279. The normalized spacial score (nSPS) is 13.9. The molecule has 0 aliphatic rings. The van der Waals surface area contributed by atoms with Gasteiger partial charge in [-0.3, -0.25) is 0 Å². The van der Waals surface area contributed by atoms with Crippen molar-refractivity contribution in [2.24, 2.45) is 0 Å². The third kappa shape index (κ3) is 3.84. The Morgan fingerprint density at radius 2 is 1.55 bits per heavy atom. The quantitative estimate of drug-likeness (QED) is 0.810. The van der Waals surface area contributed by atoms with Gasteiger partial charge in [0.1, 0.15) is 5.75 Å². The second-order valence-electron chi connectivity index (χ2n) is 4.99. The Balaban J connectivity index is 2.09. The molecule has 0 aromatic heterocycles. The molecular formula is C17H20BrNO. The van der Waals surface area contributed by atoms with Crippen LogP contribution in [0.25, 0.3) is 0 Å². The third-order valence-electron chi connectivity index (χ3n) is 3.52. The molecule has 2 unspecified atom stereocenters. The number of phenols is 1. The standard InChI is InChI=1S/C17H20BrNO/c1-3-17(14-6-10-16(20)11-7-14)19-12(2)13-4-8-15(18)9-5-13/h4-12,17,19-20H,3H2,1-2H3. The van der Waals surface area contributed by atoms with E-state index in [-0.39, 0.29) is 12.1 Å². The first kappa shape index (κ1) is 15.1. The number of hydrogen-bond donors (Lipinski definition) is 2. The van der Waals surface area contributed by atoms with E-state index >= 15 is 0 Å². The van der Waals surface area contributed by atoms with Gasteiger partial charge in [-0.05, 0) is 48.7 Å². The predicted molar refractivity (Wildman–Crippen MR) is 86.8 cm³/mol. The molecule has 2 nitrogen and oxygen atoms in total. The maximum absolute atomic E-state index is 9.37. The summed E-state index contributed by atoms with van der Waals surface area (Å²) in [5.41, 5.74) is 2.47. The lowest BCUT2D eigenvalue weighted by atomic mass is 10.0. The maximum Gasteiger partial charge on any atom is 0.115 e. The van der Waals surface area contributed by atoms with Gasteiger partial charge in [0.15, 0.2) is 0 Å². The topological polar surface area (TPSA) is 32.3 Å². The molecule has 2 aromatic carbocycles. The van der Waals surface area contributed by atoms with Crippen LogP contribution in [0.3, 0.4) is 0 Å². The zero-order chi connectivity index (χ0) is 14.5. The highest BCUT2D eigenvalue weighted by Crippen LogP contribution is 2.24. The van der Waals surface area contributed by atoms with Crippen LogP contribution in [0, 0.1) is 0 Å². The van der Waals surface area contributed by atoms with Crippen LogP contribution in [0.4, 0.5) is 0 Å². The number of hydrogen-bond acceptors (Lipinski definition) is 2. The molecule has 0 radical (unpaired) electrons. The minimum Gasteiger partial charge on any atom is -0.508 e. The van der Waals surface area contributed by atoms with Crippen molar-refractivity contribution in [2.75, 3.05) is 0 Å². The van der Waals surface area contributed by atoms with Gasteiger partial charge in [-0.25, -0.2) is 0 Å². The molecule has 0 heterocycles. The van der Waals surface area contributed by atoms with Crippen molar-refractivity contribution in [1.29, 1.82) is 0 Å². The number of nitrogens with one attached hydrogen (secondary N) is 1. The predicted octanol–water partition coefficient (Wildman–Crippen LogP) is 4.96. The summed E-state index contributed by atoms with van der Waals surface area (Å²) in [7, 11) is 0. The van der Waals surface area contributed by atoms with E-state index in [1.54, 1.807) is 12.1 Å². The molecular weight excluding hydrogens is 314 g/mol. The van der Waals surface area contributed by atoms with E-state index in [0.29, 0.717) is 5.75 Å². The summed E-state index contributed by atoms with van der Waals surface area (Å²) in [6.07, 6.45) is 1.01. The van der Waals surface area contributed by atoms with Crippen LogP contribution >= 0.6 is 15.9 Å². The second-order valence-corrected chi connectivity index (χ2v) is 5.91. The molecule has 106 valence electrons. The SMILES string of the molecule is CCC(NC(C)c1ccc(Br)cc1)c1ccc(O)cc1. The average Bonchev–Trinajstić information content (AvgIpc) is 2.46. The first-order valence-corrected chi connectivity index (χ1v) is 7.70. The zero-order valence-electron chi connectivity index (χ0n) is 11.8. The molecule has 2 rings (SSSR count). The van der Waals surface area contributed by atoms with E-state index < -0.39 is 0 Å². The van der Waals surface area contributed by atoms with Crippen LogP contribution in [0.5, 0.6) is 5.75 Å². The van der Waals surface area contributed by atoms with Crippen LogP contribution in [-0.2, 0) is 0 Å². The Morgan fingerprint density at radius 1 is 1.00 bits per heavy atom. The van der Waals surface area contributed by atoms with E-state index in [9.17, 15) is 5.11 Å². The lowest BCUT2D eigenvalue weighted by Crippen LogP contribution is -2.24. The van der Waals surface area contributed by atoms with Crippen LogP contribution in [0.1, 0.15) is 43.5 Å². The monoisotopic (exact) mass is 333 g/mol.